The van der Waals surface area contributed by atoms with Crippen molar-refractivity contribution in [2.75, 3.05) is 7.11 Å². The molecule has 0 unspecified atom stereocenters. The van der Waals surface area contributed by atoms with Crippen LogP contribution >= 0.6 is 0 Å². The predicted molar refractivity (Wildman–Crippen MR) is 79.1 cm³/mol. The topological polar surface area (TPSA) is 101 Å². The minimum absolute atomic E-state index is 0.0667. The Kier molecular flexibility index (Phi) is 6.10. The van der Waals surface area contributed by atoms with Crippen molar-refractivity contribution in [1.29, 1.82) is 0 Å². The van der Waals surface area contributed by atoms with E-state index in [1.54, 1.807) is 24.3 Å². The van der Waals surface area contributed by atoms with E-state index in [1.165, 1.54) is 14.0 Å². The Morgan fingerprint density at radius 2 is 1.45 bits per heavy atom. The van der Waals surface area contributed by atoms with Crippen molar-refractivity contribution in [2.24, 2.45) is 0 Å². The van der Waals surface area contributed by atoms with Crippen molar-refractivity contribution < 1.29 is 29.3 Å². The monoisotopic (exact) mass is 308 g/mol. The van der Waals surface area contributed by atoms with E-state index in [-0.39, 0.29) is 31.5 Å². The molecule has 22 heavy (non-hydrogen) atoms. The zero-order valence-electron chi connectivity index (χ0n) is 12.7. The van der Waals surface area contributed by atoms with Gasteiger partial charge in [-0.1, -0.05) is 12.1 Å². The molecular formula is C16H20O6. The van der Waals surface area contributed by atoms with Crippen molar-refractivity contribution >= 4 is 17.7 Å². The quantitative estimate of drug-likeness (QED) is 0.725. The number of carboxylic acids is 2. The Labute approximate surface area is 128 Å². The average Bonchev–Trinajstić information content (AvgIpc) is 2.47. The summed E-state index contributed by atoms with van der Waals surface area (Å²) in [5, 5.41) is 17.8. The summed E-state index contributed by atoms with van der Waals surface area (Å²) < 4.78 is 5.07. The number of methoxy groups -OCH3 is 1. The molecule has 0 aromatic heterocycles. The lowest BCUT2D eigenvalue weighted by atomic mass is 9.70. The van der Waals surface area contributed by atoms with Crippen LogP contribution in [0.2, 0.25) is 0 Å². The van der Waals surface area contributed by atoms with E-state index >= 15 is 0 Å². The fourth-order valence-corrected chi connectivity index (χ4v) is 2.52. The van der Waals surface area contributed by atoms with Crippen LogP contribution in [0.5, 0.6) is 5.75 Å². The van der Waals surface area contributed by atoms with Gasteiger partial charge in [0.05, 0.1) is 12.5 Å². The van der Waals surface area contributed by atoms with Crippen LogP contribution in [0, 0.1) is 0 Å². The molecule has 0 saturated carbocycles. The van der Waals surface area contributed by atoms with Crippen LogP contribution in [0.1, 0.15) is 38.2 Å². The molecule has 0 aliphatic heterocycles. The van der Waals surface area contributed by atoms with Gasteiger partial charge in [-0.15, -0.1) is 0 Å². The molecule has 1 aromatic rings. The van der Waals surface area contributed by atoms with Gasteiger partial charge in [-0.3, -0.25) is 14.4 Å². The maximum absolute atomic E-state index is 12.2. The van der Waals surface area contributed by atoms with Crippen molar-refractivity contribution in [3.63, 3.8) is 0 Å². The Bertz CT molecular complexity index is 528. The third-order valence-corrected chi connectivity index (χ3v) is 3.85. The van der Waals surface area contributed by atoms with Gasteiger partial charge in [0.1, 0.15) is 11.5 Å². The number of rotatable bonds is 9. The van der Waals surface area contributed by atoms with Crippen LogP contribution in [0.4, 0.5) is 0 Å². The largest absolute Gasteiger partial charge is 0.497 e. The molecule has 0 saturated heterocycles. The van der Waals surface area contributed by atoms with Crippen molar-refractivity contribution in [1.82, 2.24) is 0 Å². The van der Waals surface area contributed by atoms with Crippen LogP contribution in [0.3, 0.4) is 0 Å². The van der Waals surface area contributed by atoms with Gasteiger partial charge >= 0.3 is 11.9 Å². The molecule has 120 valence electrons. The van der Waals surface area contributed by atoms with E-state index in [0.29, 0.717) is 11.3 Å². The highest BCUT2D eigenvalue weighted by Crippen LogP contribution is 2.36. The van der Waals surface area contributed by atoms with Gasteiger partial charge in [0.15, 0.2) is 0 Å². The summed E-state index contributed by atoms with van der Waals surface area (Å²) in [6, 6.07) is 6.72. The SMILES string of the molecule is COc1ccc(C(CCC(=O)O)(CCC(=O)O)C(C)=O)cc1. The summed E-state index contributed by atoms with van der Waals surface area (Å²) in [6.07, 6.45) is -0.273. The fraction of sp³-hybridized carbons (Fsp3) is 0.438. The molecule has 0 aliphatic rings. The molecular weight excluding hydrogens is 288 g/mol. The maximum atomic E-state index is 12.2. The number of benzene rings is 1. The lowest BCUT2D eigenvalue weighted by Crippen LogP contribution is -2.35. The number of carbonyl (C=O) groups excluding carboxylic acids is 1. The summed E-state index contributed by atoms with van der Waals surface area (Å²) in [4.78, 5) is 34.0. The number of ether oxygens (including phenoxy) is 1. The number of hydrogen-bond acceptors (Lipinski definition) is 4. The first-order valence-electron chi connectivity index (χ1n) is 6.91. The lowest BCUT2D eigenvalue weighted by Gasteiger charge is -2.31. The number of carbonyl (C=O) groups is 3. The van der Waals surface area contributed by atoms with Crippen LogP contribution in [0.25, 0.3) is 0 Å². The second-order valence-electron chi connectivity index (χ2n) is 5.15. The second kappa shape index (κ2) is 7.59. The smallest absolute Gasteiger partial charge is 0.303 e. The zero-order chi connectivity index (χ0) is 16.8. The maximum Gasteiger partial charge on any atom is 0.303 e. The van der Waals surface area contributed by atoms with Crippen molar-refractivity contribution in [3.05, 3.63) is 29.8 Å². The molecule has 6 nitrogen and oxygen atoms in total. The molecule has 0 aliphatic carbocycles. The number of aliphatic carboxylic acids is 2. The van der Waals surface area contributed by atoms with Crippen LogP contribution in [0.15, 0.2) is 24.3 Å². The van der Waals surface area contributed by atoms with Gasteiger partial charge in [-0.2, -0.15) is 0 Å². The third kappa shape index (κ3) is 4.31. The lowest BCUT2D eigenvalue weighted by molar-refractivity contribution is -0.137. The molecule has 0 heterocycles. The van der Waals surface area contributed by atoms with E-state index in [2.05, 4.69) is 0 Å². The van der Waals surface area contributed by atoms with E-state index in [1.807, 2.05) is 0 Å². The van der Waals surface area contributed by atoms with Crippen LogP contribution in [-0.4, -0.2) is 35.0 Å². The molecule has 1 rings (SSSR count). The minimum Gasteiger partial charge on any atom is -0.497 e. The Morgan fingerprint density at radius 1 is 1.00 bits per heavy atom. The number of hydrogen-bond donors (Lipinski definition) is 2. The van der Waals surface area contributed by atoms with Gasteiger partial charge in [-0.05, 0) is 37.5 Å². The molecule has 0 radical (unpaired) electrons. The highest BCUT2D eigenvalue weighted by atomic mass is 16.5. The highest BCUT2D eigenvalue weighted by Gasteiger charge is 2.37. The van der Waals surface area contributed by atoms with Gasteiger partial charge < -0.3 is 14.9 Å². The van der Waals surface area contributed by atoms with Gasteiger partial charge in [0.2, 0.25) is 0 Å². The molecule has 2 N–H and O–H groups in total. The predicted octanol–water partition coefficient (Wildman–Crippen LogP) is 2.25. The number of Topliss-reactive ketones (excluding diaryl/α,β-unsaturated/α-hetero) is 1. The minimum atomic E-state index is -1.11. The van der Waals surface area contributed by atoms with Crippen LogP contribution in [-0.2, 0) is 19.8 Å². The first-order chi connectivity index (χ1) is 10.3. The summed E-state index contributed by atoms with van der Waals surface area (Å²) in [5.41, 5.74) is -0.494. The highest BCUT2D eigenvalue weighted by molar-refractivity contribution is 5.89. The summed E-state index contributed by atoms with van der Waals surface area (Å²) >= 11 is 0. The molecule has 0 fully saturated rings. The van der Waals surface area contributed by atoms with Crippen molar-refractivity contribution in [3.8, 4) is 5.75 Å². The Morgan fingerprint density at radius 3 is 1.77 bits per heavy atom. The number of carboxylic acid groups (broad SMARTS) is 2. The van der Waals surface area contributed by atoms with E-state index < -0.39 is 17.4 Å². The third-order valence-electron chi connectivity index (χ3n) is 3.85. The molecule has 6 heteroatoms. The molecule has 0 atom stereocenters. The molecule has 0 amide bonds. The van der Waals surface area contributed by atoms with E-state index in [4.69, 9.17) is 14.9 Å². The standard InChI is InChI=1S/C16H20O6/c1-11(17)16(9-7-14(18)19,10-8-15(20)21)12-3-5-13(22-2)6-4-12/h3-6H,7-10H2,1-2H3,(H,18,19)(H,20,21). The number of ketones is 1. The molecule has 1 aromatic carbocycles. The molecule has 0 bridgehead atoms. The molecule has 0 spiro atoms. The zero-order valence-corrected chi connectivity index (χ0v) is 12.7. The Balaban J connectivity index is 3.22. The first-order valence-corrected chi connectivity index (χ1v) is 6.91. The van der Waals surface area contributed by atoms with E-state index in [9.17, 15) is 14.4 Å². The Hall–Kier alpha value is -2.37. The van der Waals surface area contributed by atoms with Gasteiger partial charge in [-0.25, -0.2) is 0 Å². The van der Waals surface area contributed by atoms with Crippen LogP contribution < -0.4 is 4.74 Å². The van der Waals surface area contributed by atoms with E-state index in [0.717, 1.165) is 0 Å². The summed E-state index contributed by atoms with van der Waals surface area (Å²) in [5.74, 6) is -1.67. The average molecular weight is 308 g/mol. The summed E-state index contributed by atoms with van der Waals surface area (Å²) in [7, 11) is 1.52. The van der Waals surface area contributed by atoms with Crippen molar-refractivity contribution in [2.45, 2.75) is 38.0 Å². The van der Waals surface area contributed by atoms with Gasteiger partial charge in [0, 0.05) is 12.8 Å². The first kappa shape index (κ1) is 17.7. The fourth-order valence-electron chi connectivity index (χ4n) is 2.52. The second-order valence-corrected chi connectivity index (χ2v) is 5.15. The normalized spacial score (nSPS) is 11.0. The van der Waals surface area contributed by atoms with Gasteiger partial charge in [0.25, 0.3) is 0 Å². The summed E-state index contributed by atoms with van der Waals surface area (Å²) in [6.45, 7) is 1.37.